The Bertz CT molecular complexity index is 452. The molecule has 1 aliphatic rings. The SMILES string of the molecule is COC(CN)C(=O)N1CCN(Cc2csc(C)n2)CC1.Cl.Cl.Cl. The van der Waals surface area contributed by atoms with Crippen molar-refractivity contribution in [2.75, 3.05) is 39.8 Å². The summed E-state index contributed by atoms with van der Waals surface area (Å²) in [6.45, 7) is 6.28. The van der Waals surface area contributed by atoms with Crippen molar-refractivity contribution in [3.05, 3.63) is 16.1 Å². The zero-order chi connectivity index (χ0) is 14.5. The molecule has 10 heteroatoms. The number of rotatable bonds is 5. The number of nitrogens with two attached hydrogens (primary N) is 1. The van der Waals surface area contributed by atoms with Gasteiger partial charge in [0.15, 0.2) is 0 Å². The number of methoxy groups -OCH3 is 1. The quantitative estimate of drug-likeness (QED) is 0.797. The van der Waals surface area contributed by atoms with E-state index >= 15 is 0 Å². The molecule has 136 valence electrons. The van der Waals surface area contributed by atoms with E-state index in [0.717, 1.165) is 43.4 Å². The summed E-state index contributed by atoms with van der Waals surface area (Å²) >= 11 is 1.68. The fraction of sp³-hybridized carbons (Fsp3) is 0.692. The minimum atomic E-state index is -0.511. The molecule has 1 aromatic heterocycles. The number of piperazine rings is 1. The number of aromatic nitrogens is 1. The molecule has 2 heterocycles. The van der Waals surface area contributed by atoms with Crippen LogP contribution in [0.15, 0.2) is 5.38 Å². The van der Waals surface area contributed by atoms with E-state index in [-0.39, 0.29) is 49.7 Å². The van der Waals surface area contributed by atoms with Crippen LogP contribution in [0, 0.1) is 6.92 Å². The van der Waals surface area contributed by atoms with Crippen molar-refractivity contribution in [3.63, 3.8) is 0 Å². The van der Waals surface area contributed by atoms with Gasteiger partial charge in [-0.25, -0.2) is 4.98 Å². The Morgan fingerprint density at radius 2 is 1.96 bits per heavy atom. The van der Waals surface area contributed by atoms with Crippen LogP contribution in [0.5, 0.6) is 0 Å². The number of nitrogens with zero attached hydrogens (tertiary/aromatic N) is 3. The van der Waals surface area contributed by atoms with Gasteiger partial charge in [-0.2, -0.15) is 0 Å². The van der Waals surface area contributed by atoms with Gasteiger partial charge in [0, 0.05) is 51.8 Å². The van der Waals surface area contributed by atoms with Gasteiger partial charge in [-0.3, -0.25) is 9.69 Å². The highest BCUT2D eigenvalue weighted by Gasteiger charge is 2.26. The summed E-state index contributed by atoms with van der Waals surface area (Å²) in [5, 5.41) is 3.20. The number of aryl methyl sites for hydroxylation is 1. The molecule has 0 aromatic carbocycles. The normalized spacial score (nSPS) is 15.9. The average Bonchev–Trinajstić information content (AvgIpc) is 2.86. The maximum absolute atomic E-state index is 12.1. The molecule has 6 nitrogen and oxygen atoms in total. The summed E-state index contributed by atoms with van der Waals surface area (Å²) in [6, 6.07) is 0. The molecule has 2 rings (SSSR count). The zero-order valence-electron chi connectivity index (χ0n) is 13.3. The fourth-order valence-corrected chi connectivity index (χ4v) is 2.94. The smallest absolute Gasteiger partial charge is 0.253 e. The Balaban J connectivity index is 0. The first-order valence-corrected chi connectivity index (χ1v) is 7.67. The van der Waals surface area contributed by atoms with E-state index in [9.17, 15) is 4.79 Å². The molecule has 0 aliphatic carbocycles. The lowest BCUT2D eigenvalue weighted by Crippen LogP contribution is -2.52. The molecule has 2 N–H and O–H groups in total. The number of thiazole rings is 1. The molecular weight excluding hydrogens is 383 g/mol. The Morgan fingerprint density at radius 1 is 1.35 bits per heavy atom. The van der Waals surface area contributed by atoms with Crippen molar-refractivity contribution in [2.45, 2.75) is 19.6 Å². The van der Waals surface area contributed by atoms with Gasteiger partial charge >= 0.3 is 0 Å². The monoisotopic (exact) mass is 406 g/mol. The van der Waals surface area contributed by atoms with Gasteiger partial charge in [0.1, 0.15) is 6.10 Å². The van der Waals surface area contributed by atoms with Gasteiger partial charge in [0.05, 0.1) is 10.7 Å². The Morgan fingerprint density at radius 3 is 2.39 bits per heavy atom. The summed E-state index contributed by atoms with van der Waals surface area (Å²) in [5.41, 5.74) is 6.65. The van der Waals surface area contributed by atoms with Crippen LogP contribution in [-0.4, -0.2) is 66.6 Å². The number of carbonyl (C=O) groups is 1. The van der Waals surface area contributed by atoms with E-state index < -0.39 is 6.10 Å². The van der Waals surface area contributed by atoms with E-state index in [1.807, 2.05) is 11.8 Å². The number of hydrogen-bond acceptors (Lipinski definition) is 6. The predicted molar refractivity (Wildman–Crippen MR) is 100 cm³/mol. The van der Waals surface area contributed by atoms with E-state index in [4.69, 9.17) is 10.5 Å². The van der Waals surface area contributed by atoms with Gasteiger partial charge in [-0.15, -0.1) is 48.6 Å². The van der Waals surface area contributed by atoms with Gasteiger partial charge < -0.3 is 15.4 Å². The highest BCUT2D eigenvalue weighted by Crippen LogP contribution is 2.12. The molecule has 1 amide bonds. The Labute approximate surface area is 160 Å². The number of amides is 1. The first-order chi connectivity index (χ1) is 9.63. The van der Waals surface area contributed by atoms with Crippen LogP contribution in [0.3, 0.4) is 0 Å². The number of ether oxygens (including phenoxy) is 1. The van der Waals surface area contributed by atoms with Crippen LogP contribution in [0.2, 0.25) is 0 Å². The highest BCUT2D eigenvalue weighted by molar-refractivity contribution is 7.09. The number of hydrogen-bond donors (Lipinski definition) is 1. The minimum absolute atomic E-state index is 0. The van der Waals surface area contributed by atoms with Gasteiger partial charge in [-0.1, -0.05) is 0 Å². The predicted octanol–water partition coefficient (Wildman–Crippen LogP) is 1.33. The van der Waals surface area contributed by atoms with Crippen LogP contribution in [0.4, 0.5) is 0 Å². The summed E-state index contributed by atoms with van der Waals surface area (Å²) in [6.07, 6.45) is -0.511. The van der Waals surface area contributed by atoms with Crippen molar-refractivity contribution in [1.82, 2.24) is 14.8 Å². The summed E-state index contributed by atoms with van der Waals surface area (Å²) in [4.78, 5) is 20.8. The second-order valence-corrected chi connectivity index (χ2v) is 5.98. The highest BCUT2D eigenvalue weighted by atomic mass is 35.5. The zero-order valence-corrected chi connectivity index (χ0v) is 16.5. The lowest BCUT2D eigenvalue weighted by molar-refractivity contribution is -0.143. The van der Waals surface area contributed by atoms with Crippen molar-refractivity contribution < 1.29 is 9.53 Å². The van der Waals surface area contributed by atoms with Crippen molar-refractivity contribution in [1.29, 1.82) is 0 Å². The maximum atomic E-state index is 12.1. The molecule has 1 atom stereocenters. The lowest BCUT2D eigenvalue weighted by Gasteiger charge is -2.35. The average molecular weight is 408 g/mol. The number of halogens is 3. The van der Waals surface area contributed by atoms with Crippen LogP contribution in [-0.2, 0) is 16.1 Å². The van der Waals surface area contributed by atoms with Crippen LogP contribution >= 0.6 is 48.6 Å². The van der Waals surface area contributed by atoms with Crippen molar-refractivity contribution in [2.24, 2.45) is 5.73 Å². The molecule has 1 fully saturated rings. The molecular formula is C13H25Cl3N4O2S. The van der Waals surface area contributed by atoms with Crippen LogP contribution in [0.1, 0.15) is 10.7 Å². The topological polar surface area (TPSA) is 71.7 Å². The first kappa shape index (κ1) is 25.1. The molecule has 0 saturated carbocycles. The third-order valence-electron chi connectivity index (χ3n) is 3.51. The van der Waals surface area contributed by atoms with E-state index in [0.29, 0.717) is 0 Å². The molecule has 0 bridgehead atoms. The van der Waals surface area contributed by atoms with Crippen molar-refractivity contribution in [3.8, 4) is 0 Å². The summed E-state index contributed by atoms with van der Waals surface area (Å²) in [7, 11) is 1.52. The van der Waals surface area contributed by atoms with Gasteiger partial charge in [0.25, 0.3) is 5.91 Å². The third-order valence-corrected chi connectivity index (χ3v) is 4.33. The minimum Gasteiger partial charge on any atom is -0.370 e. The maximum Gasteiger partial charge on any atom is 0.253 e. The second kappa shape index (κ2) is 12.2. The molecule has 0 spiro atoms. The molecule has 0 radical (unpaired) electrons. The fourth-order valence-electron chi connectivity index (χ4n) is 2.34. The van der Waals surface area contributed by atoms with Gasteiger partial charge in [0.2, 0.25) is 0 Å². The molecule has 1 saturated heterocycles. The molecule has 1 aliphatic heterocycles. The second-order valence-electron chi connectivity index (χ2n) is 4.92. The largest absolute Gasteiger partial charge is 0.370 e. The number of carbonyl (C=O) groups excluding carboxylic acids is 1. The van der Waals surface area contributed by atoms with E-state index in [1.165, 1.54) is 7.11 Å². The van der Waals surface area contributed by atoms with E-state index in [2.05, 4.69) is 15.3 Å². The molecule has 1 unspecified atom stereocenters. The van der Waals surface area contributed by atoms with Crippen LogP contribution < -0.4 is 5.73 Å². The Kier molecular flexibility index (Phi) is 13.4. The third kappa shape index (κ3) is 7.09. The standard InChI is InChI=1S/C13H22N4O2S.3ClH/c1-10-15-11(9-20-10)8-16-3-5-17(6-4-16)13(18)12(7-14)19-2;;;/h9,12H,3-8,14H2,1-2H3;3*1H. The summed E-state index contributed by atoms with van der Waals surface area (Å²) in [5.74, 6) is -0.000784. The Hall–Kier alpha value is -0.150. The van der Waals surface area contributed by atoms with E-state index in [1.54, 1.807) is 11.3 Å². The molecule has 1 aromatic rings. The lowest BCUT2D eigenvalue weighted by atomic mass is 10.2. The van der Waals surface area contributed by atoms with Crippen molar-refractivity contribution >= 4 is 54.5 Å². The van der Waals surface area contributed by atoms with Crippen LogP contribution in [0.25, 0.3) is 0 Å². The van der Waals surface area contributed by atoms with Gasteiger partial charge in [-0.05, 0) is 6.92 Å². The summed E-state index contributed by atoms with van der Waals surface area (Å²) < 4.78 is 5.10. The molecule has 23 heavy (non-hydrogen) atoms. The first-order valence-electron chi connectivity index (χ1n) is 6.79.